The Bertz CT molecular complexity index is 242. The Hall–Kier alpha value is -1.22. The Kier molecular flexibility index (Phi) is 7.08. The van der Waals surface area contributed by atoms with Crippen molar-refractivity contribution in [2.45, 2.75) is 19.4 Å². The van der Waals surface area contributed by atoms with Crippen molar-refractivity contribution in [3.05, 3.63) is 12.2 Å². The zero-order valence-corrected chi connectivity index (χ0v) is 7.04. The third-order valence-corrected chi connectivity index (χ3v) is 0.881. The van der Waals surface area contributed by atoms with Crippen LogP contribution in [0, 0.1) is 23.7 Å². The Balaban J connectivity index is 3.67. The first-order chi connectivity index (χ1) is 5.77. The number of allylic oxidation sites excluding steroid dienone is 2. The molecule has 0 aliphatic carbocycles. The van der Waals surface area contributed by atoms with Gasteiger partial charge in [0.2, 0.25) is 0 Å². The maximum atomic E-state index is 8.72. The molecule has 0 unspecified atom stereocenters. The smallest absolute Gasteiger partial charge is 0.112 e. The van der Waals surface area contributed by atoms with E-state index in [1.807, 2.05) is 0 Å². The molecule has 2 nitrogen and oxygen atoms in total. The Morgan fingerprint density at radius 1 is 1.33 bits per heavy atom. The highest BCUT2D eigenvalue weighted by Gasteiger charge is 1.78. The van der Waals surface area contributed by atoms with Crippen molar-refractivity contribution in [3.8, 4) is 23.7 Å². The highest BCUT2D eigenvalue weighted by molar-refractivity contribution is 5.25. The monoisotopic (exact) mass is 164 g/mol. The second-order valence-electron chi connectivity index (χ2n) is 2.09. The summed E-state index contributed by atoms with van der Waals surface area (Å²) in [7, 11) is 0. The van der Waals surface area contributed by atoms with E-state index in [1.54, 1.807) is 19.1 Å². The molecule has 2 heteroatoms. The third-order valence-electron chi connectivity index (χ3n) is 0.881. The quantitative estimate of drug-likeness (QED) is 0.548. The van der Waals surface area contributed by atoms with Gasteiger partial charge in [-0.25, -0.2) is 0 Å². The molecule has 0 aromatic carbocycles. The first-order valence-corrected chi connectivity index (χ1v) is 3.70. The zero-order valence-electron chi connectivity index (χ0n) is 7.04. The average molecular weight is 164 g/mol. The first kappa shape index (κ1) is 10.8. The SMILES string of the molecule is C[C@@H](O)C#C/C=C/C#CCCO. The van der Waals surface area contributed by atoms with Gasteiger partial charge < -0.3 is 10.2 Å². The molecule has 0 radical (unpaired) electrons. The number of aliphatic hydroxyl groups excluding tert-OH is 2. The summed E-state index contributed by atoms with van der Waals surface area (Å²) in [5, 5.41) is 17.1. The van der Waals surface area contributed by atoms with Crippen molar-refractivity contribution in [3.63, 3.8) is 0 Å². The van der Waals surface area contributed by atoms with Crippen molar-refractivity contribution < 1.29 is 10.2 Å². The van der Waals surface area contributed by atoms with Gasteiger partial charge in [-0.3, -0.25) is 0 Å². The maximum Gasteiger partial charge on any atom is 0.112 e. The predicted molar refractivity (Wildman–Crippen MR) is 48.1 cm³/mol. The van der Waals surface area contributed by atoms with Crippen LogP contribution in [0.1, 0.15) is 13.3 Å². The summed E-state index contributed by atoms with van der Waals surface area (Å²) in [6.07, 6.45) is 3.04. The molecular formula is C10H12O2. The molecule has 0 saturated heterocycles. The summed E-state index contributed by atoms with van der Waals surface area (Å²) < 4.78 is 0. The first-order valence-electron chi connectivity index (χ1n) is 3.70. The summed E-state index contributed by atoms with van der Waals surface area (Å²) in [4.78, 5) is 0. The summed E-state index contributed by atoms with van der Waals surface area (Å²) in [5.41, 5.74) is 0. The lowest BCUT2D eigenvalue weighted by atomic mass is 10.4. The van der Waals surface area contributed by atoms with E-state index in [9.17, 15) is 0 Å². The van der Waals surface area contributed by atoms with Crippen molar-refractivity contribution in [1.82, 2.24) is 0 Å². The standard InChI is InChI=1S/C10H12O2/c1-10(12)8-6-4-2-3-5-7-9-11/h2,4,10-12H,7,9H2,1H3/b4-2+/t10-/m1/s1. The van der Waals surface area contributed by atoms with Gasteiger partial charge in [-0.1, -0.05) is 23.7 Å². The Labute approximate surface area is 72.9 Å². The molecule has 0 aliphatic heterocycles. The van der Waals surface area contributed by atoms with Crippen LogP contribution in [0.25, 0.3) is 0 Å². The minimum atomic E-state index is -0.597. The molecule has 0 aromatic heterocycles. The molecule has 0 rings (SSSR count). The van der Waals surface area contributed by atoms with E-state index < -0.39 is 6.10 Å². The summed E-state index contributed by atoms with van der Waals surface area (Å²) in [5.74, 6) is 10.5. The highest BCUT2D eigenvalue weighted by atomic mass is 16.3. The Morgan fingerprint density at radius 3 is 2.58 bits per heavy atom. The molecule has 0 fully saturated rings. The van der Waals surface area contributed by atoms with Gasteiger partial charge in [-0.15, -0.1) is 0 Å². The fraction of sp³-hybridized carbons (Fsp3) is 0.400. The van der Waals surface area contributed by atoms with Crippen LogP contribution >= 0.6 is 0 Å². The highest BCUT2D eigenvalue weighted by Crippen LogP contribution is 1.75. The average Bonchev–Trinajstić information content (AvgIpc) is 2.02. The normalized spacial score (nSPS) is 11.2. The van der Waals surface area contributed by atoms with E-state index in [-0.39, 0.29) is 6.61 Å². The van der Waals surface area contributed by atoms with Gasteiger partial charge in [-0.05, 0) is 19.1 Å². The predicted octanol–water partition coefficient (Wildman–Crippen LogP) is 0.313. The number of aliphatic hydroxyl groups is 2. The molecule has 0 amide bonds. The van der Waals surface area contributed by atoms with Crippen LogP contribution in [-0.2, 0) is 0 Å². The molecule has 2 N–H and O–H groups in total. The van der Waals surface area contributed by atoms with E-state index in [0.29, 0.717) is 6.42 Å². The minimum absolute atomic E-state index is 0.0835. The van der Waals surface area contributed by atoms with Gasteiger partial charge >= 0.3 is 0 Å². The Morgan fingerprint density at radius 2 is 2.00 bits per heavy atom. The van der Waals surface area contributed by atoms with Crippen LogP contribution in [0.4, 0.5) is 0 Å². The third kappa shape index (κ3) is 8.78. The summed E-state index contributed by atoms with van der Waals surface area (Å²) >= 11 is 0. The fourth-order valence-corrected chi connectivity index (χ4v) is 0.439. The van der Waals surface area contributed by atoms with E-state index in [1.165, 1.54) is 0 Å². The van der Waals surface area contributed by atoms with Crippen LogP contribution in [0.3, 0.4) is 0 Å². The minimum Gasteiger partial charge on any atom is -0.395 e. The second kappa shape index (κ2) is 7.88. The summed E-state index contributed by atoms with van der Waals surface area (Å²) in [6.45, 7) is 1.68. The van der Waals surface area contributed by atoms with Gasteiger partial charge in [0.25, 0.3) is 0 Å². The molecule has 12 heavy (non-hydrogen) atoms. The van der Waals surface area contributed by atoms with Crippen molar-refractivity contribution in [1.29, 1.82) is 0 Å². The van der Waals surface area contributed by atoms with E-state index in [2.05, 4.69) is 23.7 Å². The molecule has 0 aliphatic rings. The number of hydrogen-bond acceptors (Lipinski definition) is 2. The van der Waals surface area contributed by atoms with Gasteiger partial charge in [0, 0.05) is 6.42 Å². The molecule has 0 spiro atoms. The van der Waals surface area contributed by atoms with Gasteiger partial charge in [-0.2, -0.15) is 0 Å². The van der Waals surface area contributed by atoms with E-state index in [4.69, 9.17) is 10.2 Å². The number of rotatable bonds is 1. The summed E-state index contributed by atoms with van der Waals surface area (Å²) in [6, 6.07) is 0. The molecule has 64 valence electrons. The lowest BCUT2D eigenvalue weighted by molar-refractivity contribution is 0.253. The molecule has 0 heterocycles. The van der Waals surface area contributed by atoms with Crippen molar-refractivity contribution in [2.75, 3.05) is 6.61 Å². The van der Waals surface area contributed by atoms with Crippen molar-refractivity contribution in [2.24, 2.45) is 0 Å². The molecular weight excluding hydrogens is 152 g/mol. The van der Waals surface area contributed by atoms with Crippen LogP contribution in [0.2, 0.25) is 0 Å². The van der Waals surface area contributed by atoms with Gasteiger partial charge in [0.05, 0.1) is 6.61 Å². The second-order valence-corrected chi connectivity index (χ2v) is 2.09. The van der Waals surface area contributed by atoms with Crippen molar-refractivity contribution >= 4 is 0 Å². The lowest BCUT2D eigenvalue weighted by Crippen LogP contribution is -1.91. The van der Waals surface area contributed by atoms with E-state index in [0.717, 1.165) is 0 Å². The topological polar surface area (TPSA) is 40.5 Å². The molecule has 0 saturated carbocycles. The van der Waals surface area contributed by atoms with Crippen LogP contribution in [0.15, 0.2) is 12.2 Å². The zero-order chi connectivity index (χ0) is 9.23. The lowest BCUT2D eigenvalue weighted by Gasteiger charge is -1.83. The van der Waals surface area contributed by atoms with Gasteiger partial charge in [0.1, 0.15) is 6.10 Å². The number of hydrogen-bond donors (Lipinski definition) is 2. The largest absolute Gasteiger partial charge is 0.395 e. The van der Waals surface area contributed by atoms with Crippen LogP contribution in [-0.4, -0.2) is 22.9 Å². The van der Waals surface area contributed by atoms with Gasteiger partial charge in [0.15, 0.2) is 0 Å². The fourth-order valence-electron chi connectivity index (χ4n) is 0.439. The van der Waals surface area contributed by atoms with Crippen LogP contribution in [0.5, 0.6) is 0 Å². The maximum absolute atomic E-state index is 8.72. The molecule has 0 aromatic rings. The molecule has 1 atom stereocenters. The van der Waals surface area contributed by atoms with E-state index >= 15 is 0 Å². The van der Waals surface area contributed by atoms with Crippen LogP contribution < -0.4 is 0 Å². The molecule has 0 bridgehead atoms.